The van der Waals surface area contributed by atoms with Crippen molar-refractivity contribution in [1.29, 1.82) is 0 Å². The Morgan fingerprint density at radius 1 is 0.791 bits per heavy atom. The van der Waals surface area contributed by atoms with E-state index in [2.05, 4.69) is 0 Å². The first-order chi connectivity index (χ1) is 20.3. The molecule has 0 saturated heterocycles. The number of nitrogens with zero attached hydrogens (tertiary/aromatic N) is 2. The molecule has 0 saturated carbocycles. The molecule has 0 amide bonds. The quantitative estimate of drug-likeness (QED) is 0.0761. The fourth-order valence-electron chi connectivity index (χ4n) is 5.35. The lowest BCUT2D eigenvalue weighted by atomic mass is 9.96. The summed E-state index contributed by atoms with van der Waals surface area (Å²) in [5.74, 6) is 0.364. The molecule has 2 rings (SSSR count). The second-order valence-corrected chi connectivity index (χ2v) is 13.8. The van der Waals surface area contributed by atoms with Crippen LogP contribution in [0.3, 0.4) is 0 Å². The first kappa shape index (κ1) is 37.5. The fourth-order valence-corrected chi connectivity index (χ4v) is 6.91. The lowest BCUT2D eigenvalue weighted by Gasteiger charge is -2.42. The van der Waals surface area contributed by atoms with Crippen LogP contribution in [0.15, 0.2) is 36.4 Å². The van der Waals surface area contributed by atoms with E-state index in [-0.39, 0.29) is 32.9 Å². The minimum Gasteiger partial charge on any atom is -0.493 e. The Kier molecular flexibility index (Phi) is 15.4. The van der Waals surface area contributed by atoms with Crippen LogP contribution in [0.2, 0.25) is 0 Å². The molecule has 43 heavy (non-hydrogen) atoms. The minimum atomic E-state index is -4.70. The van der Waals surface area contributed by atoms with Crippen LogP contribution in [0.25, 0.3) is 0 Å². The normalized spacial score (nSPS) is 14.0. The molecule has 0 aliphatic heterocycles. The summed E-state index contributed by atoms with van der Waals surface area (Å²) in [7, 11) is -9.35. The van der Waals surface area contributed by atoms with E-state index in [0.29, 0.717) is 53.8 Å². The largest absolute Gasteiger partial charge is 0.493 e. The van der Waals surface area contributed by atoms with Gasteiger partial charge in [-0.25, -0.2) is 0 Å². The summed E-state index contributed by atoms with van der Waals surface area (Å²) in [6.45, 7) is 3.04. The number of ether oxygens (including phenoxy) is 1. The molecule has 2 aromatic rings. The molecule has 2 aromatic carbocycles. The van der Waals surface area contributed by atoms with Gasteiger partial charge >= 0.3 is 15.2 Å². The Bertz CT molecular complexity index is 1240. The molecule has 0 aliphatic carbocycles. The Labute approximate surface area is 253 Å². The summed E-state index contributed by atoms with van der Waals surface area (Å²) >= 11 is 0. The molecule has 0 heterocycles. The Morgan fingerprint density at radius 3 is 1.81 bits per heavy atom. The molecule has 244 valence electrons. The third-order valence-electron chi connectivity index (χ3n) is 7.37. The SMILES string of the molecule is CCOc1c(CO)cccc1CN(CP(=O)(O)O)C(CO)C(CCCCN)N(Cc1cccc(CO)c1C)CP(=O)(O)O. The molecule has 2 atom stereocenters. The zero-order valence-electron chi connectivity index (χ0n) is 24.8. The lowest BCUT2D eigenvalue weighted by Crippen LogP contribution is -2.53. The third-order valence-corrected chi connectivity index (χ3v) is 8.83. The number of aliphatic hydroxyl groups is 3. The van der Waals surface area contributed by atoms with Gasteiger partial charge in [-0.05, 0) is 49.9 Å². The van der Waals surface area contributed by atoms with Gasteiger partial charge in [0.15, 0.2) is 0 Å². The van der Waals surface area contributed by atoms with Crippen LogP contribution in [0.1, 0.15) is 54.0 Å². The van der Waals surface area contributed by atoms with Crippen molar-refractivity contribution in [3.05, 3.63) is 64.2 Å². The van der Waals surface area contributed by atoms with E-state index in [4.69, 9.17) is 10.5 Å². The van der Waals surface area contributed by atoms with Gasteiger partial charge in [0, 0.05) is 36.3 Å². The van der Waals surface area contributed by atoms with Crippen molar-refractivity contribution in [2.75, 3.05) is 32.3 Å². The summed E-state index contributed by atoms with van der Waals surface area (Å²) in [5.41, 5.74) is 8.85. The first-order valence-corrected chi connectivity index (χ1v) is 17.8. The van der Waals surface area contributed by atoms with Gasteiger partial charge in [-0.15, -0.1) is 0 Å². The monoisotopic (exact) mass is 647 g/mol. The van der Waals surface area contributed by atoms with Crippen molar-refractivity contribution < 1.29 is 48.8 Å². The van der Waals surface area contributed by atoms with E-state index >= 15 is 0 Å². The highest BCUT2D eigenvalue weighted by molar-refractivity contribution is 7.51. The second-order valence-electron chi connectivity index (χ2n) is 10.6. The van der Waals surface area contributed by atoms with Crippen LogP contribution in [0.4, 0.5) is 0 Å². The number of hydrogen-bond donors (Lipinski definition) is 8. The smallest absolute Gasteiger partial charge is 0.339 e. The Balaban J connectivity index is 2.68. The van der Waals surface area contributed by atoms with Crippen molar-refractivity contribution in [1.82, 2.24) is 9.80 Å². The fraction of sp³-hybridized carbons (Fsp3) is 0.571. The number of nitrogens with two attached hydrogens (primary N) is 1. The summed E-state index contributed by atoms with van der Waals surface area (Å²) < 4.78 is 30.6. The van der Waals surface area contributed by atoms with E-state index in [1.807, 2.05) is 0 Å². The number of aliphatic hydroxyl groups excluding tert-OH is 3. The average molecular weight is 648 g/mol. The van der Waals surface area contributed by atoms with Crippen LogP contribution in [-0.4, -0.2) is 89.1 Å². The molecule has 0 aromatic heterocycles. The topological polar surface area (TPSA) is 217 Å². The molecule has 2 unspecified atom stereocenters. The van der Waals surface area contributed by atoms with Gasteiger partial charge in [0.05, 0.1) is 26.4 Å². The van der Waals surface area contributed by atoms with Crippen LogP contribution < -0.4 is 10.5 Å². The van der Waals surface area contributed by atoms with Crippen molar-refractivity contribution >= 4 is 15.2 Å². The standard InChI is InChI=1S/C28H47N3O10P2/c1-3-41-28-23(9-7-11-25(28)17-33)15-31(20-43(38,39)40)27(18-34)26(12-4-5-13-29)30(19-42(35,36)37)14-22-8-6-10-24(16-32)21(22)2/h6-11,26-27,32-34H,3-5,12-20,29H2,1-2H3,(H2,35,36,37)(H2,38,39,40). The summed E-state index contributed by atoms with van der Waals surface area (Å²) in [5, 5.41) is 30.4. The Hall–Kier alpha value is -1.70. The summed E-state index contributed by atoms with van der Waals surface area (Å²) in [6, 6.07) is 8.57. The third kappa shape index (κ3) is 12.0. The second kappa shape index (κ2) is 17.7. The minimum absolute atomic E-state index is 0.0442. The van der Waals surface area contributed by atoms with E-state index in [0.717, 1.165) is 5.56 Å². The highest BCUT2D eigenvalue weighted by Gasteiger charge is 2.37. The van der Waals surface area contributed by atoms with Crippen LogP contribution in [0, 0.1) is 6.92 Å². The van der Waals surface area contributed by atoms with E-state index in [1.165, 1.54) is 4.90 Å². The van der Waals surface area contributed by atoms with Gasteiger partial charge in [0.25, 0.3) is 0 Å². The van der Waals surface area contributed by atoms with Gasteiger partial charge in [0.2, 0.25) is 0 Å². The number of hydrogen-bond acceptors (Lipinski definition) is 9. The maximum Gasteiger partial charge on any atom is 0.339 e. The summed E-state index contributed by atoms with van der Waals surface area (Å²) in [4.78, 5) is 43.3. The Morgan fingerprint density at radius 2 is 1.30 bits per heavy atom. The van der Waals surface area contributed by atoms with Gasteiger partial charge in [-0.3, -0.25) is 18.9 Å². The van der Waals surface area contributed by atoms with E-state index in [1.54, 1.807) is 55.1 Å². The van der Waals surface area contributed by atoms with Crippen LogP contribution >= 0.6 is 15.2 Å². The van der Waals surface area contributed by atoms with Crippen molar-refractivity contribution in [2.24, 2.45) is 5.73 Å². The molecule has 0 bridgehead atoms. The molecule has 15 heteroatoms. The molecule has 0 fully saturated rings. The molecule has 13 nitrogen and oxygen atoms in total. The maximum absolute atomic E-state index is 12.4. The van der Waals surface area contributed by atoms with Gasteiger partial charge in [-0.1, -0.05) is 42.8 Å². The number of para-hydroxylation sites is 1. The van der Waals surface area contributed by atoms with Gasteiger partial charge in [0.1, 0.15) is 18.3 Å². The highest BCUT2D eigenvalue weighted by Crippen LogP contribution is 2.41. The molecule has 0 aliphatic rings. The van der Waals surface area contributed by atoms with Crippen molar-refractivity contribution in [3.63, 3.8) is 0 Å². The van der Waals surface area contributed by atoms with E-state index < -0.39 is 46.5 Å². The lowest BCUT2D eigenvalue weighted by molar-refractivity contribution is 0.0382. The molecule has 9 N–H and O–H groups in total. The van der Waals surface area contributed by atoms with Gasteiger partial charge in [-0.2, -0.15) is 0 Å². The first-order valence-electron chi connectivity index (χ1n) is 14.2. The molecule has 0 radical (unpaired) electrons. The van der Waals surface area contributed by atoms with Gasteiger partial charge < -0.3 is 45.4 Å². The van der Waals surface area contributed by atoms with Crippen molar-refractivity contribution in [2.45, 2.75) is 71.5 Å². The van der Waals surface area contributed by atoms with Crippen molar-refractivity contribution in [3.8, 4) is 5.75 Å². The molecular formula is C28H47N3O10P2. The number of rotatable bonds is 20. The van der Waals surface area contributed by atoms with Crippen LogP contribution in [0.5, 0.6) is 5.75 Å². The number of unbranched alkanes of at least 4 members (excludes halogenated alkanes) is 1. The van der Waals surface area contributed by atoms with Crippen LogP contribution in [-0.2, 0) is 35.4 Å². The number of benzene rings is 2. The molecular weight excluding hydrogens is 600 g/mol. The zero-order valence-corrected chi connectivity index (χ0v) is 26.6. The maximum atomic E-state index is 12.4. The van der Waals surface area contributed by atoms with E-state index in [9.17, 15) is 44.0 Å². The molecule has 0 spiro atoms. The highest BCUT2D eigenvalue weighted by atomic mass is 31.2. The average Bonchev–Trinajstić information content (AvgIpc) is 2.92. The zero-order chi connectivity index (χ0) is 32.2. The predicted molar refractivity (Wildman–Crippen MR) is 163 cm³/mol. The predicted octanol–water partition coefficient (Wildman–Crippen LogP) is 1.81. The summed E-state index contributed by atoms with van der Waals surface area (Å²) in [6.07, 6.45) is 0.00649.